The molecule has 2 aromatic rings. The van der Waals surface area contributed by atoms with Crippen molar-refractivity contribution in [2.45, 2.75) is 13.3 Å². The van der Waals surface area contributed by atoms with Crippen LogP contribution in [0.25, 0.3) is 11.4 Å². The number of phenolic OH excluding ortho intramolecular Hbond substituents is 1. The molecule has 2 rings (SSSR count). The van der Waals surface area contributed by atoms with Gasteiger partial charge in [0.15, 0.2) is 5.82 Å². The molecule has 0 spiro atoms. The SMILES string of the molecule is CCc1ccnc(-c2ccccc2O)n1. The van der Waals surface area contributed by atoms with Crippen molar-refractivity contribution in [2.75, 3.05) is 0 Å². The third kappa shape index (κ3) is 1.96. The van der Waals surface area contributed by atoms with Crippen molar-refractivity contribution in [3.63, 3.8) is 0 Å². The second-order valence-corrected chi connectivity index (χ2v) is 3.24. The Morgan fingerprint density at radius 3 is 2.73 bits per heavy atom. The minimum atomic E-state index is 0.214. The van der Waals surface area contributed by atoms with Crippen LogP contribution in [0.1, 0.15) is 12.6 Å². The highest BCUT2D eigenvalue weighted by Gasteiger charge is 2.05. The van der Waals surface area contributed by atoms with Gasteiger partial charge in [0.1, 0.15) is 5.75 Å². The summed E-state index contributed by atoms with van der Waals surface area (Å²) in [5, 5.41) is 9.65. The number of aromatic nitrogens is 2. The molecule has 0 aliphatic carbocycles. The van der Waals surface area contributed by atoms with Crippen molar-refractivity contribution in [1.29, 1.82) is 0 Å². The van der Waals surface area contributed by atoms with Gasteiger partial charge >= 0.3 is 0 Å². The Morgan fingerprint density at radius 1 is 1.20 bits per heavy atom. The van der Waals surface area contributed by atoms with Crippen LogP contribution >= 0.6 is 0 Å². The van der Waals surface area contributed by atoms with E-state index in [1.54, 1.807) is 18.3 Å². The monoisotopic (exact) mass is 200 g/mol. The maximum absolute atomic E-state index is 9.65. The van der Waals surface area contributed by atoms with Crippen molar-refractivity contribution in [2.24, 2.45) is 0 Å². The van der Waals surface area contributed by atoms with Crippen LogP contribution in [-0.4, -0.2) is 15.1 Å². The molecular weight excluding hydrogens is 188 g/mol. The lowest BCUT2D eigenvalue weighted by Gasteiger charge is -2.03. The van der Waals surface area contributed by atoms with Crippen LogP contribution in [0.2, 0.25) is 0 Å². The summed E-state index contributed by atoms with van der Waals surface area (Å²) >= 11 is 0. The van der Waals surface area contributed by atoms with E-state index in [-0.39, 0.29) is 5.75 Å². The van der Waals surface area contributed by atoms with E-state index in [0.717, 1.165) is 12.1 Å². The molecule has 0 fully saturated rings. The van der Waals surface area contributed by atoms with Gasteiger partial charge in [0.05, 0.1) is 5.56 Å². The van der Waals surface area contributed by atoms with Crippen LogP contribution in [0.3, 0.4) is 0 Å². The molecule has 0 atom stereocenters. The molecular formula is C12H12N2O. The molecule has 76 valence electrons. The summed E-state index contributed by atoms with van der Waals surface area (Å²) in [6, 6.07) is 8.96. The molecule has 0 saturated carbocycles. The molecule has 0 radical (unpaired) electrons. The van der Waals surface area contributed by atoms with Gasteiger partial charge < -0.3 is 5.11 Å². The largest absolute Gasteiger partial charge is 0.507 e. The van der Waals surface area contributed by atoms with Gasteiger partial charge in [0, 0.05) is 11.9 Å². The summed E-state index contributed by atoms with van der Waals surface area (Å²) in [5.74, 6) is 0.790. The number of benzene rings is 1. The number of phenols is 1. The molecule has 0 saturated heterocycles. The molecule has 1 aromatic carbocycles. The summed E-state index contributed by atoms with van der Waals surface area (Å²) in [7, 11) is 0. The Hall–Kier alpha value is -1.90. The summed E-state index contributed by atoms with van der Waals surface area (Å²) < 4.78 is 0. The van der Waals surface area contributed by atoms with Crippen LogP contribution in [-0.2, 0) is 6.42 Å². The van der Waals surface area contributed by atoms with Crippen LogP contribution in [0.5, 0.6) is 5.75 Å². The number of rotatable bonds is 2. The quantitative estimate of drug-likeness (QED) is 0.809. The minimum absolute atomic E-state index is 0.214. The fourth-order valence-corrected chi connectivity index (χ4v) is 1.39. The highest BCUT2D eigenvalue weighted by atomic mass is 16.3. The first kappa shape index (κ1) is 9.65. The van der Waals surface area contributed by atoms with E-state index in [1.807, 2.05) is 25.1 Å². The summed E-state index contributed by atoms with van der Waals surface area (Å²) in [4.78, 5) is 8.50. The zero-order chi connectivity index (χ0) is 10.7. The number of hydrogen-bond donors (Lipinski definition) is 1. The zero-order valence-corrected chi connectivity index (χ0v) is 8.51. The maximum Gasteiger partial charge on any atom is 0.163 e. The Morgan fingerprint density at radius 2 is 2.00 bits per heavy atom. The van der Waals surface area contributed by atoms with Crippen molar-refractivity contribution in [1.82, 2.24) is 9.97 Å². The fraction of sp³-hybridized carbons (Fsp3) is 0.167. The van der Waals surface area contributed by atoms with Crippen LogP contribution in [0, 0.1) is 0 Å². The molecule has 15 heavy (non-hydrogen) atoms. The first-order chi connectivity index (χ1) is 7.31. The number of aryl methyl sites for hydroxylation is 1. The lowest BCUT2D eigenvalue weighted by atomic mass is 10.2. The van der Waals surface area contributed by atoms with E-state index < -0.39 is 0 Å². The van der Waals surface area contributed by atoms with Crippen molar-refractivity contribution >= 4 is 0 Å². The molecule has 0 unspecified atom stereocenters. The molecule has 0 bridgehead atoms. The minimum Gasteiger partial charge on any atom is -0.507 e. The molecule has 1 heterocycles. The summed E-state index contributed by atoms with van der Waals surface area (Å²) in [6.45, 7) is 2.04. The lowest BCUT2D eigenvalue weighted by molar-refractivity contribution is 0.477. The third-order valence-electron chi connectivity index (χ3n) is 2.22. The second kappa shape index (κ2) is 4.09. The first-order valence-corrected chi connectivity index (χ1v) is 4.91. The van der Waals surface area contributed by atoms with Crippen molar-refractivity contribution in [3.8, 4) is 17.1 Å². The van der Waals surface area contributed by atoms with Gasteiger partial charge in [-0.1, -0.05) is 19.1 Å². The van der Waals surface area contributed by atoms with Crippen LogP contribution < -0.4 is 0 Å². The van der Waals surface area contributed by atoms with Gasteiger partial charge in [-0.3, -0.25) is 0 Å². The Bertz CT molecular complexity index is 469. The summed E-state index contributed by atoms with van der Waals surface area (Å²) in [6.07, 6.45) is 2.58. The van der Waals surface area contributed by atoms with E-state index in [9.17, 15) is 5.11 Å². The smallest absolute Gasteiger partial charge is 0.163 e. The van der Waals surface area contributed by atoms with E-state index in [4.69, 9.17) is 0 Å². The normalized spacial score (nSPS) is 10.2. The average molecular weight is 200 g/mol. The zero-order valence-electron chi connectivity index (χ0n) is 8.51. The number of para-hydroxylation sites is 1. The molecule has 1 aromatic heterocycles. The molecule has 0 amide bonds. The van der Waals surface area contributed by atoms with E-state index in [0.29, 0.717) is 11.4 Å². The van der Waals surface area contributed by atoms with Crippen LogP contribution in [0.4, 0.5) is 0 Å². The van der Waals surface area contributed by atoms with Gasteiger partial charge in [-0.2, -0.15) is 0 Å². The predicted molar refractivity (Wildman–Crippen MR) is 58.5 cm³/mol. The molecule has 1 N–H and O–H groups in total. The van der Waals surface area contributed by atoms with Gasteiger partial charge in [0.2, 0.25) is 0 Å². The number of aromatic hydroxyl groups is 1. The molecule has 3 nitrogen and oxygen atoms in total. The average Bonchev–Trinajstić information content (AvgIpc) is 2.30. The fourth-order valence-electron chi connectivity index (χ4n) is 1.39. The molecule has 0 aliphatic rings. The molecule has 3 heteroatoms. The molecule has 0 aliphatic heterocycles. The number of hydrogen-bond acceptors (Lipinski definition) is 3. The van der Waals surface area contributed by atoms with Crippen molar-refractivity contribution in [3.05, 3.63) is 42.2 Å². The van der Waals surface area contributed by atoms with Gasteiger partial charge in [0.25, 0.3) is 0 Å². The number of nitrogens with zero attached hydrogens (tertiary/aromatic N) is 2. The maximum atomic E-state index is 9.65. The van der Waals surface area contributed by atoms with Gasteiger partial charge in [-0.25, -0.2) is 9.97 Å². The first-order valence-electron chi connectivity index (χ1n) is 4.91. The van der Waals surface area contributed by atoms with E-state index in [2.05, 4.69) is 9.97 Å². The summed E-state index contributed by atoms with van der Waals surface area (Å²) in [5.41, 5.74) is 1.65. The topological polar surface area (TPSA) is 46.0 Å². The van der Waals surface area contributed by atoms with Gasteiger partial charge in [-0.15, -0.1) is 0 Å². The Kier molecular flexibility index (Phi) is 2.63. The van der Waals surface area contributed by atoms with E-state index >= 15 is 0 Å². The second-order valence-electron chi connectivity index (χ2n) is 3.24. The standard InChI is InChI=1S/C12H12N2O/c1-2-9-7-8-13-12(14-9)10-5-3-4-6-11(10)15/h3-8,15H,2H2,1H3. The highest BCUT2D eigenvalue weighted by Crippen LogP contribution is 2.25. The highest BCUT2D eigenvalue weighted by molar-refractivity contribution is 5.63. The van der Waals surface area contributed by atoms with Gasteiger partial charge in [-0.05, 0) is 24.6 Å². The Labute approximate surface area is 88.5 Å². The Balaban J connectivity index is 2.49. The van der Waals surface area contributed by atoms with Crippen LogP contribution in [0.15, 0.2) is 36.5 Å². The van der Waals surface area contributed by atoms with E-state index in [1.165, 1.54) is 0 Å². The predicted octanol–water partition coefficient (Wildman–Crippen LogP) is 2.41. The van der Waals surface area contributed by atoms with Crippen molar-refractivity contribution < 1.29 is 5.11 Å². The third-order valence-corrected chi connectivity index (χ3v) is 2.22. The lowest BCUT2D eigenvalue weighted by Crippen LogP contribution is -1.93.